The van der Waals surface area contributed by atoms with Gasteiger partial charge in [0, 0.05) is 10.5 Å². The van der Waals surface area contributed by atoms with Gasteiger partial charge in [0.15, 0.2) is 21.3 Å². The molecule has 0 heterocycles. The zero-order valence-corrected chi connectivity index (χ0v) is 18.2. The Labute approximate surface area is 177 Å². The minimum Gasteiger partial charge on any atom is -0.493 e. The van der Waals surface area contributed by atoms with Crippen LogP contribution in [0.15, 0.2) is 53.0 Å². The fraction of sp³-hybridized carbons (Fsp3) is 0.200. The van der Waals surface area contributed by atoms with Crippen LogP contribution in [0.25, 0.3) is 6.08 Å². The van der Waals surface area contributed by atoms with E-state index in [0.29, 0.717) is 11.1 Å². The Kier molecular flexibility index (Phi) is 7.98. The molecule has 0 atom stereocenters. The van der Waals surface area contributed by atoms with Gasteiger partial charge in [-0.05, 0) is 41.5 Å². The van der Waals surface area contributed by atoms with Gasteiger partial charge in [0.1, 0.15) is 5.75 Å². The van der Waals surface area contributed by atoms with E-state index in [1.165, 1.54) is 38.5 Å². The van der Waals surface area contributed by atoms with Gasteiger partial charge >= 0.3 is 11.9 Å². The molecule has 0 aromatic heterocycles. The monoisotopic (exact) mass is 482 g/mol. The molecular formula is C20H19BrO7S. The molecule has 0 aliphatic rings. The molecule has 9 heteroatoms. The third kappa shape index (κ3) is 7.35. The summed E-state index contributed by atoms with van der Waals surface area (Å²) in [5.41, 5.74) is 1.17. The molecule has 0 aliphatic heterocycles. The smallest absolute Gasteiger partial charge is 0.330 e. The number of carbonyl (C=O) groups is 2. The van der Waals surface area contributed by atoms with Crippen LogP contribution in [0, 0.1) is 0 Å². The molecule has 0 aliphatic carbocycles. The second kappa shape index (κ2) is 10.2. The number of rotatable bonds is 8. The van der Waals surface area contributed by atoms with Gasteiger partial charge in [0.25, 0.3) is 0 Å². The number of hydrogen-bond donors (Lipinski definition) is 0. The highest BCUT2D eigenvalue weighted by molar-refractivity contribution is 9.10. The fourth-order valence-electron chi connectivity index (χ4n) is 2.37. The molecule has 7 nitrogen and oxygen atoms in total. The molecule has 154 valence electrons. The van der Waals surface area contributed by atoms with Gasteiger partial charge < -0.3 is 14.2 Å². The summed E-state index contributed by atoms with van der Waals surface area (Å²) >= 11 is 3.28. The van der Waals surface area contributed by atoms with Crippen LogP contribution in [-0.4, -0.2) is 40.3 Å². The largest absolute Gasteiger partial charge is 0.493 e. The van der Waals surface area contributed by atoms with Gasteiger partial charge in [0.05, 0.1) is 20.0 Å². The van der Waals surface area contributed by atoms with Crippen molar-refractivity contribution in [3.63, 3.8) is 0 Å². The molecule has 0 bridgehead atoms. The Balaban J connectivity index is 2.07. The van der Waals surface area contributed by atoms with Crippen molar-refractivity contribution in [2.24, 2.45) is 0 Å². The number of methoxy groups -OCH3 is 2. The lowest BCUT2D eigenvalue weighted by atomic mass is 10.2. The third-order valence-corrected chi connectivity index (χ3v) is 5.58. The predicted molar refractivity (Wildman–Crippen MR) is 111 cm³/mol. The van der Waals surface area contributed by atoms with Crippen molar-refractivity contribution in [1.29, 1.82) is 0 Å². The zero-order valence-electron chi connectivity index (χ0n) is 15.8. The van der Waals surface area contributed by atoms with E-state index in [4.69, 9.17) is 9.47 Å². The molecule has 0 spiro atoms. The van der Waals surface area contributed by atoms with E-state index in [1.54, 1.807) is 30.3 Å². The van der Waals surface area contributed by atoms with Crippen LogP contribution in [-0.2, 0) is 29.9 Å². The number of hydrogen-bond acceptors (Lipinski definition) is 7. The lowest BCUT2D eigenvalue weighted by molar-refractivity contribution is -0.135. The second-order valence-electron chi connectivity index (χ2n) is 5.90. The summed E-state index contributed by atoms with van der Waals surface area (Å²) in [7, 11) is -1.07. The standard InChI is InChI=1S/C20H19BrO7S/c1-26-18-11-14(7-9-19(22)27-2)6-8-17(18)28-20(23)13-29(24,25)12-15-4-3-5-16(21)10-15/h3-11H,12-13H2,1-2H3/b9-7+. The molecule has 0 saturated heterocycles. The van der Waals surface area contributed by atoms with Crippen LogP contribution >= 0.6 is 15.9 Å². The number of sulfone groups is 1. The first-order chi connectivity index (χ1) is 13.7. The first-order valence-corrected chi connectivity index (χ1v) is 10.9. The van der Waals surface area contributed by atoms with Crippen molar-refractivity contribution in [3.8, 4) is 11.5 Å². The summed E-state index contributed by atoms with van der Waals surface area (Å²) in [6, 6.07) is 11.4. The maximum absolute atomic E-state index is 12.3. The molecule has 2 rings (SSSR count). The number of esters is 2. The number of halogens is 1. The lowest BCUT2D eigenvalue weighted by Gasteiger charge is -2.10. The summed E-state index contributed by atoms with van der Waals surface area (Å²) < 4.78 is 40.2. The minimum atomic E-state index is -3.72. The predicted octanol–water partition coefficient (Wildman–Crippen LogP) is 3.16. The molecule has 0 unspecified atom stereocenters. The zero-order chi connectivity index (χ0) is 21.4. The van der Waals surface area contributed by atoms with Crippen LogP contribution in [0.2, 0.25) is 0 Å². The number of carbonyl (C=O) groups excluding carboxylic acids is 2. The average molecular weight is 483 g/mol. The summed E-state index contributed by atoms with van der Waals surface area (Å²) in [5, 5.41) is 0. The van der Waals surface area contributed by atoms with Crippen molar-refractivity contribution in [2.75, 3.05) is 20.0 Å². The van der Waals surface area contributed by atoms with E-state index >= 15 is 0 Å². The minimum absolute atomic E-state index is 0.0744. The topological polar surface area (TPSA) is 96.0 Å². The number of benzene rings is 2. The summed E-state index contributed by atoms with van der Waals surface area (Å²) in [5.74, 6) is -2.20. The fourth-order valence-corrected chi connectivity index (χ4v) is 4.02. The van der Waals surface area contributed by atoms with Crippen molar-refractivity contribution >= 4 is 43.8 Å². The molecule has 0 fully saturated rings. The van der Waals surface area contributed by atoms with Crippen molar-refractivity contribution in [1.82, 2.24) is 0 Å². The number of ether oxygens (including phenoxy) is 3. The van der Waals surface area contributed by atoms with Crippen LogP contribution in [0.3, 0.4) is 0 Å². The Morgan fingerprint density at radius 2 is 1.83 bits per heavy atom. The molecule has 2 aromatic rings. The second-order valence-corrected chi connectivity index (χ2v) is 8.88. The third-order valence-electron chi connectivity index (χ3n) is 3.64. The molecule has 0 saturated carbocycles. The molecule has 29 heavy (non-hydrogen) atoms. The Morgan fingerprint density at radius 1 is 1.07 bits per heavy atom. The SMILES string of the molecule is COC(=O)/C=C/c1ccc(OC(=O)CS(=O)(=O)Cc2cccc(Br)c2)c(OC)c1. The molecule has 0 N–H and O–H groups in total. The highest BCUT2D eigenvalue weighted by Crippen LogP contribution is 2.29. The van der Waals surface area contributed by atoms with E-state index in [2.05, 4.69) is 20.7 Å². The highest BCUT2D eigenvalue weighted by atomic mass is 79.9. The normalized spacial score (nSPS) is 11.3. The maximum atomic E-state index is 12.3. The molecular weight excluding hydrogens is 464 g/mol. The van der Waals surface area contributed by atoms with Gasteiger partial charge in [-0.1, -0.05) is 34.1 Å². The van der Waals surface area contributed by atoms with Crippen LogP contribution in [0.4, 0.5) is 0 Å². The van der Waals surface area contributed by atoms with Gasteiger partial charge in [0.2, 0.25) is 0 Å². The van der Waals surface area contributed by atoms with Crippen molar-refractivity contribution in [3.05, 3.63) is 64.1 Å². The highest BCUT2D eigenvalue weighted by Gasteiger charge is 2.20. The van der Waals surface area contributed by atoms with Crippen molar-refractivity contribution < 1.29 is 32.2 Å². The molecule has 2 aromatic carbocycles. The van der Waals surface area contributed by atoms with E-state index in [9.17, 15) is 18.0 Å². The van der Waals surface area contributed by atoms with Crippen LogP contribution < -0.4 is 9.47 Å². The van der Waals surface area contributed by atoms with Crippen LogP contribution in [0.5, 0.6) is 11.5 Å². The Bertz CT molecular complexity index is 1030. The average Bonchev–Trinajstić information content (AvgIpc) is 2.65. The van der Waals surface area contributed by atoms with E-state index in [1.807, 2.05) is 0 Å². The first kappa shape index (κ1) is 22.6. The van der Waals surface area contributed by atoms with E-state index in [0.717, 1.165) is 4.47 Å². The first-order valence-electron chi connectivity index (χ1n) is 8.32. The van der Waals surface area contributed by atoms with E-state index in [-0.39, 0.29) is 17.3 Å². The van der Waals surface area contributed by atoms with Gasteiger partial charge in [-0.3, -0.25) is 4.79 Å². The van der Waals surface area contributed by atoms with E-state index < -0.39 is 27.5 Å². The summed E-state index contributed by atoms with van der Waals surface area (Å²) in [6.07, 6.45) is 2.73. The lowest BCUT2D eigenvalue weighted by Crippen LogP contribution is -2.22. The Hall–Kier alpha value is -2.65. The quantitative estimate of drug-likeness (QED) is 0.323. The maximum Gasteiger partial charge on any atom is 0.330 e. The molecule has 0 amide bonds. The van der Waals surface area contributed by atoms with Crippen molar-refractivity contribution in [2.45, 2.75) is 5.75 Å². The van der Waals surface area contributed by atoms with Gasteiger partial charge in [-0.2, -0.15) is 0 Å². The summed E-state index contributed by atoms with van der Waals surface area (Å²) in [4.78, 5) is 23.3. The summed E-state index contributed by atoms with van der Waals surface area (Å²) in [6.45, 7) is 0. The Morgan fingerprint density at radius 3 is 2.48 bits per heavy atom. The van der Waals surface area contributed by atoms with Gasteiger partial charge in [-0.15, -0.1) is 0 Å². The van der Waals surface area contributed by atoms with Gasteiger partial charge in [-0.25, -0.2) is 13.2 Å². The molecule has 0 radical (unpaired) electrons. The van der Waals surface area contributed by atoms with Crippen LogP contribution in [0.1, 0.15) is 11.1 Å².